The number of nitrogens with one attached hydrogen (secondary N) is 1. The minimum atomic E-state index is -4.71. The summed E-state index contributed by atoms with van der Waals surface area (Å²) in [5.74, 6) is 0. The standard InChI is InChI=1S/C18H18ClF3N2O2S/c19-17-7-6-15(12-16(17)18(20,21)22)27(25,26)24-10-8-23(9-11-24)13-14-4-2-1-3-5-14/h1-7,12H,8-11,13H2/p+1. The third-order valence-corrected chi connectivity index (χ3v) is 6.83. The number of sulfonamides is 1. The summed E-state index contributed by atoms with van der Waals surface area (Å²) in [6.45, 7) is 2.48. The number of rotatable bonds is 4. The number of alkyl halides is 3. The SMILES string of the molecule is O=S(=O)(c1ccc(Cl)c(C(F)(F)F)c1)N1CC[NH+](Cc2ccccc2)CC1. The fourth-order valence-electron chi connectivity index (χ4n) is 3.14. The molecule has 0 spiro atoms. The van der Waals surface area contributed by atoms with E-state index >= 15 is 0 Å². The number of nitrogens with zero attached hydrogens (tertiary/aromatic N) is 1. The van der Waals surface area contributed by atoms with Crippen molar-refractivity contribution in [3.8, 4) is 0 Å². The Morgan fingerprint density at radius 1 is 1.04 bits per heavy atom. The summed E-state index contributed by atoms with van der Waals surface area (Å²) in [6.07, 6.45) is -4.71. The number of halogens is 4. The summed E-state index contributed by atoms with van der Waals surface area (Å²) in [5, 5.41) is -0.515. The van der Waals surface area contributed by atoms with Crippen LogP contribution in [-0.2, 0) is 22.7 Å². The van der Waals surface area contributed by atoms with Crippen LogP contribution in [0.2, 0.25) is 5.02 Å². The molecule has 0 unspecified atom stereocenters. The van der Waals surface area contributed by atoms with Crippen molar-refractivity contribution in [2.75, 3.05) is 26.2 Å². The molecule has 3 rings (SSSR count). The van der Waals surface area contributed by atoms with Gasteiger partial charge in [-0.15, -0.1) is 0 Å². The maximum atomic E-state index is 13.0. The highest BCUT2D eigenvalue weighted by atomic mass is 35.5. The molecule has 2 aromatic carbocycles. The molecule has 146 valence electrons. The van der Waals surface area contributed by atoms with Gasteiger partial charge in [0.05, 0.1) is 41.7 Å². The van der Waals surface area contributed by atoms with E-state index in [1.165, 1.54) is 9.21 Å². The Balaban J connectivity index is 1.72. The van der Waals surface area contributed by atoms with Gasteiger partial charge in [0, 0.05) is 5.56 Å². The van der Waals surface area contributed by atoms with E-state index in [4.69, 9.17) is 11.6 Å². The van der Waals surface area contributed by atoms with E-state index in [1.807, 2.05) is 30.3 Å². The normalized spacial score (nSPS) is 17.2. The molecule has 0 amide bonds. The van der Waals surface area contributed by atoms with Crippen molar-refractivity contribution in [1.29, 1.82) is 0 Å². The van der Waals surface area contributed by atoms with Crippen molar-refractivity contribution in [3.05, 3.63) is 64.7 Å². The largest absolute Gasteiger partial charge is 0.417 e. The van der Waals surface area contributed by atoms with Gasteiger partial charge in [-0.05, 0) is 18.2 Å². The van der Waals surface area contributed by atoms with Crippen LogP contribution in [0.4, 0.5) is 13.2 Å². The van der Waals surface area contributed by atoms with Gasteiger partial charge in [0.2, 0.25) is 10.0 Å². The minimum Gasteiger partial charge on any atom is -0.329 e. The summed E-state index contributed by atoms with van der Waals surface area (Å²) in [6, 6.07) is 12.6. The van der Waals surface area contributed by atoms with Crippen molar-refractivity contribution in [1.82, 2.24) is 4.31 Å². The van der Waals surface area contributed by atoms with Crippen LogP contribution in [0.25, 0.3) is 0 Å². The molecule has 4 nitrogen and oxygen atoms in total. The van der Waals surface area contributed by atoms with Crippen LogP contribution in [0.1, 0.15) is 11.1 Å². The van der Waals surface area contributed by atoms with Crippen molar-refractivity contribution in [2.24, 2.45) is 0 Å². The monoisotopic (exact) mass is 419 g/mol. The molecule has 0 atom stereocenters. The van der Waals surface area contributed by atoms with Crippen molar-refractivity contribution >= 4 is 21.6 Å². The molecule has 0 aromatic heterocycles. The summed E-state index contributed by atoms with van der Waals surface area (Å²) in [5.41, 5.74) is 0.0231. The number of quaternary nitrogens is 1. The number of hydrogen-bond donors (Lipinski definition) is 1. The molecule has 0 bridgehead atoms. The number of piperazine rings is 1. The second-order valence-electron chi connectivity index (χ2n) is 6.46. The first-order valence-corrected chi connectivity index (χ1v) is 10.2. The van der Waals surface area contributed by atoms with Gasteiger partial charge in [0.25, 0.3) is 0 Å². The molecule has 0 saturated carbocycles. The van der Waals surface area contributed by atoms with Gasteiger partial charge in [0.15, 0.2) is 0 Å². The Morgan fingerprint density at radius 3 is 2.26 bits per heavy atom. The van der Waals surface area contributed by atoms with Crippen LogP contribution < -0.4 is 4.90 Å². The Hall–Kier alpha value is -1.61. The third-order valence-electron chi connectivity index (χ3n) is 4.61. The van der Waals surface area contributed by atoms with Gasteiger partial charge in [-0.3, -0.25) is 0 Å². The van der Waals surface area contributed by atoms with Gasteiger partial charge < -0.3 is 4.90 Å². The van der Waals surface area contributed by atoms with Crippen molar-refractivity contribution in [3.63, 3.8) is 0 Å². The number of hydrogen-bond acceptors (Lipinski definition) is 2. The molecular formula is C18H19ClF3N2O2S+. The maximum Gasteiger partial charge on any atom is 0.417 e. The van der Waals surface area contributed by atoms with Gasteiger partial charge in [-0.1, -0.05) is 41.9 Å². The highest BCUT2D eigenvalue weighted by Gasteiger charge is 2.36. The zero-order valence-electron chi connectivity index (χ0n) is 14.3. The zero-order valence-corrected chi connectivity index (χ0v) is 15.9. The summed E-state index contributed by atoms with van der Waals surface area (Å²) < 4.78 is 65.8. The lowest BCUT2D eigenvalue weighted by atomic mass is 10.2. The van der Waals surface area contributed by atoms with E-state index in [0.717, 1.165) is 24.2 Å². The molecule has 1 N–H and O–H groups in total. The topological polar surface area (TPSA) is 41.8 Å². The Bertz CT molecular complexity index is 897. The van der Waals surface area contributed by atoms with Gasteiger partial charge in [-0.2, -0.15) is 17.5 Å². The Labute approximate surface area is 161 Å². The van der Waals surface area contributed by atoms with Gasteiger partial charge in [0.1, 0.15) is 6.54 Å². The van der Waals surface area contributed by atoms with Crippen LogP contribution in [-0.4, -0.2) is 38.9 Å². The van der Waals surface area contributed by atoms with Crippen molar-refractivity contribution in [2.45, 2.75) is 17.6 Å². The quantitative estimate of drug-likeness (QED) is 0.827. The summed E-state index contributed by atoms with van der Waals surface area (Å²) in [7, 11) is -4.00. The minimum absolute atomic E-state index is 0.258. The zero-order chi connectivity index (χ0) is 19.7. The third kappa shape index (κ3) is 4.63. The molecule has 1 heterocycles. The van der Waals surface area contributed by atoms with Gasteiger partial charge in [-0.25, -0.2) is 8.42 Å². The predicted molar refractivity (Wildman–Crippen MR) is 96.1 cm³/mol. The van der Waals surface area contributed by atoms with Crippen LogP contribution >= 0.6 is 11.6 Å². The highest BCUT2D eigenvalue weighted by Crippen LogP contribution is 2.36. The molecule has 0 radical (unpaired) electrons. The molecule has 9 heteroatoms. The van der Waals surface area contributed by atoms with E-state index in [9.17, 15) is 21.6 Å². The first-order valence-electron chi connectivity index (χ1n) is 8.42. The van der Waals surface area contributed by atoms with E-state index in [1.54, 1.807) is 0 Å². The lowest BCUT2D eigenvalue weighted by Crippen LogP contribution is -3.13. The van der Waals surface area contributed by atoms with E-state index < -0.39 is 26.8 Å². The van der Waals surface area contributed by atoms with Crippen LogP contribution in [0.15, 0.2) is 53.4 Å². The Morgan fingerprint density at radius 2 is 1.67 bits per heavy atom. The molecule has 1 aliphatic heterocycles. The lowest BCUT2D eigenvalue weighted by molar-refractivity contribution is -0.917. The lowest BCUT2D eigenvalue weighted by Gasteiger charge is -2.31. The molecule has 0 aliphatic carbocycles. The molecular weight excluding hydrogens is 401 g/mol. The molecule has 2 aromatic rings. The summed E-state index contributed by atoms with van der Waals surface area (Å²) >= 11 is 5.58. The van der Waals surface area contributed by atoms with Crippen LogP contribution in [0, 0.1) is 0 Å². The second-order valence-corrected chi connectivity index (χ2v) is 8.80. The summed E-state index contributed by atoms with van der Waals surface area (Å²) in [4.78, 5) is 0.852. The number of benzene rings is 2. The maximum absolute atomic E-state index is 13.0. The second kappa shape index (κ2) is 7.79. The van der Waals surface area contributed by atoms with Crippen molar-refractivity contribution < 1.29 is 26.5 Å². The molecule has 27 heavy (non-hydrogen) atoms. The van der Waals surface area contributed by atoms with Crippen LogP contribution in [0.5, 0.6) is 0 Å². The average Bonchev–Trinajstić information content (AvgIpc) is 2.62. The van der Waals surface area contributed by atoms with Gasteiger partial charge >= 0.3 is 6.18 Å². The highest BCUT2D eigenvalue weighted by molar-refractivity contribution is 7.89. The predicted octanol–water partition coefficient (Wildman–Crippen LogP) is 2.45. The Kier molecular flexibility index (Phi) is 5.81. The smallest absolute Gasteiger partial charge is 0.329 e. The fourth-order valence-corrected chi connectivity index (χ4v) is 4.83. The first-order chi connectivity index (χ1) is 12.7. The van der Waals surface area contributed by atoms with E-state index in [-0.39, 0.29) is 18.0 Å². The molecule has 1 aliphatic rings. The molecule has 1 saturated heterocycles. The van der Waals surface area contributed by atoms with Crippen LogP contribution in [0.3, 0.4) is 0 Å². The van der Waals surface area contributed by atoms with E-state index in [0.29, 0.717) is 19.2 Å². The average molecular weight is 420 g/mol. The fraction of sp³-hybridized carbons (Fsp3) is 0.333. The first kappa shape index (κ1) is 20.1. The molecule has 1 fully saturated rings. The van der Waals surface area contributed by atoms with E-state index in [2.05, 4.69) is 0 Å².